The predicted octanol–water partition coefficient (Wildman–Crippen LogP) is 10.1. The lowest BCUT2D eigenvalue weighted by atomic mass is 10.1. The molecule has 0 aliphatic rings. The summed E-state index contributed by atoms with van der Waals surface area (Å²) in [6.07, 6.45) is 9.38. The average Bonchev–Trinajstić information content (AvgIpc) is 3.11. The van der Waals surface area contributed by atoms with Gasteiger partial charge in [0.05, 0.1) is 42.5 Å². The van der Waals surface area contributed by atoms with Crippen LogP contribution >= 0.6 is 0 Å². The van der Waals surface area contributed by atoms with Gasteiger partial charge in [-0.1, -0.05) is 45.6 Å². The number of likely N-dealkylation sites (N-methyl/N-ethyl adjacent to an activating group) is 1. The summed E-state index contributed by atoms with van der Waals surface area (Å²) >= 11 is 0. The zero-order chi connectivity index (χ0) is 33.5. The summed E-state index contributed by atoms with van der Waals surface area (Å²) in [6.45, 7) is 10.2. The van der Waals surface area contributed by atoms with Gasteiger partial charge in [-0.05, 0) is 92.6 Å². The number of nitrogens with zero attached hydrogens (tertiary/aromatic N) is 5. The summed E-state index contributed by atoms with van der Waals surface area (Å²) in [6, 6.07) is 22.7. The zero-order valence-corrected chi connectivity index (χ0v) is 27.7. The molecule has 0 N–H and O–H groups in total. The third-order valence-electron chi connectivity index (χ3n) is 7.23. The van der Waals surface area contributed by atoms with Crippen molar-refractivity contribution < 1.29 is 23.8 Å². The Balaban J connectivity index is 1.33. The SMILES string of the molecule is C=CC(=O)OCCN(CC)c1ccc(N=Nc2ccc(N=Nc3ccc(OCCCCCCCCCOC(=O)CC)cc3)cc2)cc1. The number of unbranched alkanes of at least 4 members (excludes halogenated alkanes) is 6. The fraction of sp³-hybridized carbons (Fsp3) is 0.405. The highest BCUT2D eigenvalue weighted by atomic mass is 16.5. The first-order chi connectivity index (χ1) is 23.0. The second-order valence-electron chi connectivity index (χ2n) is 10.8. The van der Waals surface area contributed by atoms with Gasteiger partial charge >= 0.3 is 11.9 Å². The molecule has 0 fully saturated rings. The first-order valence-electron chi connectivity index (χ1n) is 16.5. The molecule has 3 rings (SSSR count). The molecule has 3 aromatic carbocycles. The van der Waals surface area contributed by atoms with Crippen molar-refractivity contribution in [3.05, 3.63) is 85.5 Å². The van der Waals surface area contributed by atoms with Crippen molar-refractivity contribution in [2.45, 2.75) is 65.2 Å². The van der Waals surface area contributed by atoms with E-state index in [1.807, 2.05) is 86.6 Å². The number of azo groups is 2. The van der Waals surface area contributed by atoms with Gasteiger partial charge in [0.2, 0.25) is 0 Å². The Bertz CT molecular complexity index is 1410. The zero-order valence-electron chi connectivity index (χ0n) is 27.7. The summed E-state index contributed by atoms with van der Waals surface area (Å²) in [4.78, 5) is 24.5. The minimum absolute atomic E-state index is 0.115. The van der Waals surface area contributed by atoms with Crippen molar-refractivity contribution in [1.29, 1.82) is 0 Å². The van der Waals surface area contributed by atoms with Gasteiger partial charge in [0, 0.05) is 24.7 Å². The van der Waals surface area contributed by atoms with Crippen molar-refractivity contribution in [3.63, 3.8) is 0 Å². The molecule has 0 saturated carbocycles. The first-order valence-corrected chi connectivity index (χ1v) is 16.5. The third kappa shape index (κ3) is 14.9. The average molecular weight is 642 g/mol. The van der Waals surface area contributed by atoms with E-state index in [1.165, 1.54) is 19.3 Å². The number of hydrogen-bond acceptors (Lipinski definition) is 10. The van der Waals surface area contributed by atoms with Gasteiger partial charge in [-0.25, -0.2) is 4.79 Å². The van der Waals surface area contributed by atoms with Gasteiger partial charge in [0.1, 0.15) is 12.4 Å². The van der Waals surface area contributed by atoms with Crippen molar-refractivity contribution in [1.82, 2.24) is 0 Å². The van der Waals surface area contributed by atoms with Crippen LogP contribution in [0.25, 0.3) is 0 Å². The summed E-state index contributed by atoms with van der Waals surface area (Å²) in [7, 11) is 0. The topological polar surface area (TPSA) is 115 Å². The van der Waals surface area contributed by atoms with Gasteiger partial charge in [0.25, 0.3) is 0 Å². The molecule has 250 valence electrons. The van der Waals surface area contributed by atoms with Crippen molar-refractivity contribution >= 4 is 40.4 Å². The molecule has 3 aromatic rings. The lowest BCUT2D eigenvalue weighted by Crippen LogP contribution is -2.27. The van der Waals surface area contributed by atoms with Crippen molar-refractivity contribution in [2.75, 3.05) is 37.8 Å². The Kier molecular flexibility index (Phi) is 17.0. The Hall–Kier alpha value is -4.86. The molecule has 0 atom stereocenters. The molecule has 0 amide bonds. The highest BCUT2D eigenvalue weighted by Gasteiger charge is 2.06. The standard InChI is InChI=1S/C37H47N5O5/c1-4-36(43)46-28-13-11-9-7-8-10-12-27-45-35-24-20-33(21-25-35)41-39-31-16-14-30(15-17-31)38-40-32-18-22-34(23-19-32)42(6-3)26-29-47-37(44)5-2/h5,14-25H,2,4,6-13,26-29H2,1,3H3. The minimum Gasteiger partial charge on any atom is -0.494 e. The van der Waals surface area contributed by atoms with E-state index in [2.05, 4.69) is 31.9 Å². The predicted molar refractivity (Wildman–Crippen MR) is 186 cm³/mol. The molecule has 0 aliphatic heterocycles. The van der Waals surface area contributed by atoms with Crippen LogP contribution in [0.15, 0.2) is 106 Å². The Morgan fingerprint density at radius 3 is 1.60 bits per heavy atom. The van der Waals surface area contributed by atoms with E-state index in [-0.39, 0.29) is 5.97 Å². The van der Waals surface area contributed by atoms with Crippen LogP contribution < -0.4 is 9.64 Å². The van der Waals surface area contributed by atoms with Gasteiger partial charge in [-0.15, -0.1) is 0 Å². The molecule has 0 aliphatic carbocycles. The molecule has 10 heteroatoms. The van der Waals surface area contributed by atoms with E-state index in [1.54, 1.807) is 0 Å². The van der Waals surface area contributed by atoms with Crippen LogP contribution in [0.2, 0.25) is 0 Å². The molecule has 0 heterocycles. The van der Waals surface area contributed by atoms with E-state index < -0.39 is 5.97 Å². The monoisotopic (exact) mass is 641 g/mol. The van der Waals surface area contributed by atoms with E-state index in [0.29, 0.717) is 44.2 Å². The van der Waals surface area contributed by atoms with E-state index >= 15 is 0 Å². The second kappa shape index (κ2) is 21.8. The number of benzene rings is 3. The Labute approximate surface area is 278 Å². The lowest BCUT2D eigenvalue weighted by Gasteiger charge is -2.22. The molecule has 10 nitrogen and oxygen atoms in total. The molecule has 0 radical (unpaired) electrons. The number of rotatable bonds is 22. The fourth-order valence-corrected chi connectivity index (χ4v) is 4.51. The number of carbonyl (C=O) groups excluding carboxylic acids is 2. The number of esters is 2. The summed E-state index contributed by atoms with van der Waals surface area (Å²) in [5.41, 5.74) is 3.91. The molecule has 0 unspecified atom stereocenters. The lowest BCUT2D eigenvalue weighted by molar-refractivity contribution is -0.143. The maximum atomic E-state index is 11.3. The van der Waals surface area contributed by atoms with Crippen molar-refractivity contribution in [3.8, 4) is 5.75 Å². The Morgan fingerprint density at radius 2 is 1.11 bits per heavy atom. The third-order valence-corrected chi connectivity index (χ3v) is 7.23. The van der Waals surface area contributed by atoms with Crippen molar-refractivity contribution in [2.24, 2.45) is 20.5 Å². The first kappa shape index (κ1) is 36.6. The minimum atomic E-state index is -0.420. The number of ether oxygens (including phenoxy) is 3. The molecule has 0 aromatic heterocycles. The van der Waals surface area contributed by atoms with Gasteiger partial charge in [0.15, 0.2) is 0 Å². The summed E-state index contributed by atoms with van der Waals surface area (Å²) in [5.74, 6) is 0.288. The van der Waals surface area contributed by atoms with E-state index in [0.717, 1.165) is 61.1 Å². The number of anilines is 1. The maximum Gasteiger partial charge on any atom is 0.330 e. The maximum absolute atomic E-state index is 11.3. The van der Waals surface area contributed by atoms with Gasteiger partial charge in [-0.3, -0.25) is 4.79 Å². The van der Waals surface area contributed by atoms with Gasteiger partial charge in [-0.2, -0.15) is 20.5 Å². The molecule has 47 heavy (non-hydrogen) atoms. The smallest absolute Gasteiger partial charge is 0.330 e. The fourth-order valence-electron chi connectivity index (χ4n) is 4.51. The van der Waals surface area contributed by atoms with Crippen LogP contribution in [0.1, 0.15) is 65.2 Å². The highest BCUT2D eigenvalue weighted by Crippen LogP contribution is 2.26. The largest absolute Gasteiger partial charge is 0.494 e. The highest BCUT2D eigenvalue weighted by molar-refractivity contribution is 5.81. The van der Waals surface area contributed by atoms with Crippen LogP contribution in [-0.2, 0) is 19.1 Å². The molecule has 0 spiro atoms. The Morgan fingerprint density at radius 1 is 0.638 bits per heavy atom. The second-order valence-corrected chi connectivity index (χ2v) is 10.8. The summed E-state index contributed by atoms with van der Waals surface area (Å²) in [5, 5.41) is 17.3. The van der Waals surface area contributed by atoms with Crippen LogP contribution in [0.4, 0.5) is 28.4 Å². The van der Waals surface area contributed by atoms with E-state index in [9.17, 15) is 9.59 Å². The van der Waals surface area contributed by atoms with Crippen LogP contribution in [0.5, 0.6) is 5.75 Å². The molecular formula is C37H47N5O5. The number of hydrogen-bond donors (Lipinski definition) is 0. The summed E-state index contributed by atoms with van der Waals surface area (Å²) < 4.78 is 16.1. The quantitative estimate of drug-likeness (QED) is 0.0467. The van der Waals surface area contributed by atoms with E-state index in [4.69, 9.17) is 14.2 Å². The number of carbonyl (C=O) groups is 2. The molecule has 0 bridgehead atoms. The van der Waals surface area contributed by atoms with Crippen LogP contribution in [0.3, 0.4) is 0 Å². The normalized spacial score (nSPS) is 11.1. The van der Waals surface area contributed by atoms with Crippen LogP contribution in [0, 0.1) is 0 Å². The van der Waals surface area contributed by atoms with Gasteiger partial charge < -0.3 is 19.1 Å². The molecule has 0 saturated heterocycles. The molecular weight excluding hydrogens is 594 g/mol. The van der Waals surface area contributed by atoms with Crippen LogP contribution in [-0.4, -0.2) is 44.8 Å².